The average molecular weight is 269 g/mol. The van der Waals surface area contributed by atoms with Gasteiger partial charge in [-0.3, -0.25) is 0 Å². The van der Waals surface area contributed by atoms with Crippen LogP contribution in [-0.4, -0.2) is 49.0 Å². The van der Waals surface area contributed by atoms with E-state index in [2.05, 4.69) is 11.8 Å². The Hall–Kier alpha value is -0.120. The van der Waals surface area contributed by atoms with Crippen LogP contribution in [0.4, 0.5) is 0 Å². The number of likely N-dealkylation sites (tertiary alicyclic amines) is 1. The van der Waals surface area contributed by atoms with E-state index in [1.54, 1.807) is 0 Å². The highest BCUT2D eigenvalue weighted by Gasteiger charge is 2.36. The van der Waals surface area contributed by atoms with Crippen molar-refractivity contribution in [3.05, 3.63) is 0 Å². The van der Waals surface area contributed by atoms with Gasteiger partial charge in [0.05, 0.1) is 12.7 Å². The molecule has 1 spiro atoms. The molecule has 2 fully saturated rings. The van der Waals surface area contributed by atoms with Crippen LogP contribution < -0.4 is 0 Å². The van der Waals surface area contributed by atoms with E-state index in [0.29, 0.717) is 12.0 Å². The Morgan fingerprint density at radius 3 is 2.47 bits per heavy atom. The first kappa shape index (κ1) is 15.3. The minimum Gasteiger partial charge on any atom is -0.389 e. The number of hydrogen-bond donors (Lipinski definition) is 1. The topological polar surface area (TPSA) is 32.7 Å². The van der Waals surface area contributed by atoms with E-state index in [-0.39, 0.29) is 6.10 Å². The summed E-state index contributed by atoms with van der Waals surface area (Å²) in [5.41, 5.74) is 0.680. The fraction of sp³-hybridized carbons (Fsp3) is 1.00. The molecule has 112 valence electrons. The zero-order valence-corrected chi connectivity index (χ0v) is 12.6. The highest BCUT2D eigenvalue weighted by atomic mass is 16.5. The molecule has 0 amide bonds. The van der Waals surface area contributed by atoms with Gasteiger partial charge in [-0.2, -0.15) is 0 Å². The fourth-order valence-electron chi connectivity index (χ4n) is 3.65. The van der Waals surface area contributed by atoms with Crippen LogP contribution in [0.5, 0.6) is 0 Å². The van der Waals surface area contributed by atoms with Crippen LogP contribution in [-0.2, 0) is 4.74 Å². The predicted molar refractivity (Wildman–Crippen MR) is 78.3 cm³/mol. The summed E-state index contributed by atoms with van der Waals surface area (Å²) >= 11 is 0. The number of ether oxygens (including phenoxy) is 1. The number of unbranched alkanes of at least 4 members (excludes halogenated alkanes) is 1. The monoisotopic (exact) mass is 269 g/mol. The maximum Gasteiger partial charge on any atom is 0.0900 e. The first-order chi connectivity index (χ1) is 9.24. The first-order valence-corrected chi connectivity index (χ1v) is 8.22. The number of β-amino-alcohol motifs (C(OH)–C–C–N with tert-alkyl or cyclic N) is 1. The molecule has 1 saturated heterocycles. The third-order valence-electron chi connectivity index (χ3n) is 5.00. The molecule has 0 aromatic heterocycles. The third kappa shape index (κ3) is 4.73. The summed E-state index contributed by atoms with van der Waals surface area (Å²) in [4.78, 5) is 2.43. The predicted octanol–water partition coefficient (Wildman–Crippen LogP) is 2.82. The summed E-state index contributed by atoms with van der Waals surface area (Å²) in [5, 5.41) is 9.99. The zero-order valence-electron chi connectivity index (χ0n) is 12.6. The highest BCUT2D eigenvalue weighted by molar-refractivity contribution is 4.89. The van der Waals surface area contributed by atoms with E-state index in [1.807, 2.05) is 0 Å². The molecule has 1 aliphatic carbocycles. The first-order valence-electron chi connectivity index (χ1n) is 8.22. The molecule has 2 aliphatic rings. The zero-order chi connectivity index (χ0) is 13.6. The largest absolute Gasteiger partial charge is 0.389 e. The Labute approximate surface area is 118 Å². The van der Waals surface area contributed by atoms with Crippen LogP contribution in [0, 0.1) is 5.41 Å². The lowest BCUT2D eigenvalue weighted by Crippen LogP contribution is -2.43. The van der Waals surface area contributed by atoms with Crippen molar-refractivity contribution >= 4 is 0 Å². The molecule has 1 atom stereocenters. The number of piperidine rings is 1. The lowest BCUT2D eigenvalue weighted by molar-refractivity contribution is 0.00264. The van der Waals surface area contributed by atoms with Gasteiger partial charge in [0.25, 0.3) is 0 Å². The van der Waals surface area contributed by atoms with Gasteiger partial charge in [-0.05, 0) is 50.6 Å². The van der Waals surface area contributed by atoms with Gasteiger partial charge in [-0.15, -0.1) is 0 Å². The summed E-state index contributed by atoms with van der Waals surface area (Å²) in [6.07, 6.45) is 10.4. The van der Waals surface area contributed by atoms with E-state index < -0.39 is 0 Å². The molecule has 0 bridgehead atoms. The van der Waals surface area contributed by atoms with Crippen molar-refractivity contribution in [1.29, 1.82) is 0 Å². The average Bonchev–Trinajstić information content (AvgIpc) is 2.86. The summed E-state index contributed by atoms with van der Waals surface area (Å²) in [5.74, 6) is 0. The number of aliphatic hydroxyl groups excluding tert-OH is 1. The third-order valence-corrected chi connectivity index (χ3v) is 5.00. The van der Waals surface area contributed by atoms with E-state index in [0.717, 1.165) is 26.0 Å². The molecule has 0 aromatic rings. The molecule has 1 N–H and O–H groups in total. The Balaban J connectivity index is 1.59. The lowest BCUT2D eigenvalue weighted by atomic mass is 9.77. The summed E-state index contributed by atoms with van der Waals surface area (Å²) in [7, 11) is 0. The van der Waals surface area contributed by atoms with Gasteiger partial charge in [0.15, 0.2) is 0 Å². The molecule has 1 saturated carbocycles. The molecular weight excluding hydrogens is 238 g/mol. The Kier molecular flexibility index (Phi) is 6.11. The molecule has 1 unspecified atom stereocenters. The Morgan fingerprint density at radius 1 is 1.16 bits per heavy atom. The Morgan fingerprint density at radius 2 is 1.84 bits per heavy atom. The maximum absolute atomic E-state index is 9.99. The van der Waals surface area contributed by atoms with Crippen LogP contribution in [0.15, 0.2) is 0 Å². The van der Waals surface area contributed by atoms with Crippen LogP contribution >= 0.6 is 0 Å². The maximum atomic E-state index is 9.99. The molecule has 1 heterocycles. The second-order valence-electron chi connectivity index (χ2n) is 6.59. The van der Waals surface area contributed by atoms with Crippen molar-refractivity contribution in [1.82, 2.24) is 4.90 Å². The highest BCUT2D eigenvalue weighted by Crippen LogP contribution is 2.45. The van der Waals surface area contributed by atoms with Gasteiger partial charge in [0.1, 0.15) is 0 Å². The number of hydrogen-bond acceptors (Lipinski definition) is 3. The number of nitrogens with zero attached hydrogens (tertiary/aromatic N) is 1. The van der Waals surface area contributed by atoms with Crippen molar-refractivity contribution in [2.75, 3.05) is 32.8 Å². The molecule has 19 heavy (non-hydrogen) atoms. The molecule has 2 rings (SSSR count). The SMILES string of the molecule is CCCCOCC(O)CN1CCC2(CCCC2)CC1. The second-order valence-corrected chi connectivity index (χ2v) is 6.59. The molecule has 1 aliphatic heterocycles. The van der Waals surface area contributed by atoms with E-state index >= 15 is 0 Å². The van der Waals surface area contributed by atoms with Crippen molar-refractivity contribution in [3.8, 4) is 0 Å². The van der Waals surface area contributed by atoms with Gasteiger partial charge in [-0.25, -0.2) is 0 Å². The summed E-state index contributed by atoms with van der Waals surface area (Å²) < 4.78 is 5.49. The van der Waals surface area contributed by atoms with Crippen LogP contribution in [0.25, 0.3) is 0 Å². The quantitative estimate of drug-likeness (QED) is 0.721. The second kappa shape index (κ2) is 7.61. The van der Waals surface area contributed by atoms with Crippen LogP contribution in [0.3, 0.4) is 0 Å². The molecule has 0 radical (unpaired) electrons. The minimum atomic E-state index is -0.311. The van der Waals surface area contributed by atoms with Crippen LogP contribution in [0.1, 0.15) is 58.3 Å². The summed E-state index contributed by atoms with van der Waals surface area (Å²) in [6, 6.07) is 0. The van der Waals surface area contributed by atoms with Crippen molar-refractivity contribution in [3.63, 3.8) is 0 Å². The molecule has 3 heteroatoms. The summed E-state index contributed by atoms with van der Waals surface area (Å²) in [6.45, 7) is 6.59. The van der Waals surface area contributed by atoms with Gasteiger partial charge >= 0.3 is 0 Å². The van der Waals surface area contributed by atoms with Gasteiger partial charge in [0.2, 0.25) is 0 Å². The smallest absolute Gasteiger partial charge is 0.0900 e. The van der Waals surface area contributed by atoms with Gasteiger partial charge < -0.3 is 14.7 Å². The number of rotatable bonds is 7. The number of aliphatic hydroxyl groups is 1. The fourth-order valence-corrected chi connectivity index (χ4v) is 3.65. The Bertz CT molecular complexity index is 241. The molecule has 0 aromatic carbocycles. The van der Waals surface area contributed by atoms with E-state index in [1.165, 1.54) is 51.6 Å². The van der Waals surface area contributed by atoms with Gasteiger partial charge in [0, 0.05) is 13.2 Å². The van der Waals surface area contributed by atoms with Crippen LogP contribution in [0.2, 0.25) is 0 Å². The molecule has 3 nitrogen and oxygen atoms in total. The lowest BCUT2D eigenvalue weighted by Gasteiger charge is -2.40. The standard InChI is InChI=1S/C16H31NO2/c1-2-3-12-19-14-15(18)13-17-10-8-16(9-11-17)6-4-5-7-16/h15,18H,2-14H2,1H3. The normalized spacial score (nSPS) is 24.9. The van der Waals surface area contributed by atoms with E-state index in [4.69, 9.17) is 4.74 Å². The molecular formula is C16H31NO2. The van der Waals surface area contributed by atoms with Crippen molar-refractivity contribution in [2.24, 2.45) is 5.41 Å². The van der Waals surface area contributed by atoms with E-state index in [9.17, 15) is 5.11 Å². The van der Waals surface area contributed by atoms with Gasteiger partial charge in [-0.1, -0.05) is 26.2 Å². The minimum absolute atomic E-state index is 0.311. The van der Waals surface area contributed by atoms with Crippen molar-refractivity contribution < 1.29 is 9.84 Å². The van der Waals surface area contributed by atoms with Crippen molar-refractivity contribution in [2.45, 2.75) is 64.4 Å².